The number of benzene rings is 3. The van der Waals surface area contributed by atoms with Crippen molar-refractivity contribution < 1.29 is 13.2 Å². The zero-order valence-corrected chi connectivity index (χ0v) is 15.9. The maximum Gasteiger partial charge on any atom is 0.153 e. The van der Waals surface area contributed by atoms with Crippen molar-refractivity contribution in [1.82, 2.24) is 0 Å². The molecule has 0 radical (unpaired) electrons. The van der Waals surface area contributed by atoms with Gasteiger partial charge in [0.1, 0.15) is 5.82 Å². The molecule has 1 unspecified atom stereocenters. The fourth-order valence-electron chi connectivity index (χ4n) is 3.11. The summed E-state index contributed by atoms with van der Waals surface area (Å²) in [5, 5.41) is 3.38. The van der Waals surface area contributed by atoms with Crippen molar-refractivity contribution in [2.24, 2.45) is 0 Å². The Morgan fingerprint density at radius 3 is 2.37 bits per heavy atom. The predicted molar refractivity (Wildman–Crippen MR) is 109 cm³/mol. The molecule has 0 aliphatic rings. The molecule has 0 amide bonds. The molecule has 5 heteroatoms. The quantitative estimate of drug-likeness (QED) is 0.549. The topological polar surface area (TPSA) is 49.3 Å². The summed E-state index contributed by atoms with van der Waals surface area (Å²) in [6.45, 7) is 2.05. The van der Waals surface area contributed by atoms with E-state index < -0.39 is 11.1 Å². The number of hydrogen-bond donors (Lipinski definition) is 2. The number of anilines is 2. The van der Waals surface area contributed by atoms with Gasteiger partial charge in [-0.1, -0.05) is 36.4 Å². The van der Waals surface area contributed by atoms with Crippen molar-refractivity contribution in [1.29, 1.82) is 0 Å². The fourth-order valence-corrected chi connectivity index (χ4v) is 3.50. The highest BCUT2D eigenvalue weighted by atomic mass is 32.2. The number of halogens is 1. The van der Waals surface area contributed by atoms with Gasteiger partial charge < -0.3 is 9.87 Å². The third-order valence-corrected chi connectivity index (χ3v) is 5.16. The molecule has 0 aliphatic carbocycles. The van der Waals surface area contributed by atoms with Crippen LogP contribution in [0.1, 0.15) is 22.3 Å². The van der Waals surface area contributed by atoms with Crippen molar-refractivity contribution in [3.8, 4) is 0 Å². The highest BCUT2D eigenvalue weighted by Crippen LogP contribution is 2.29. The smallest absolute Gasteiger partial charge is 0.153 e. The summed E-state index contributed by atoms with van der Waals surface area (Å²) >= 11 is -1.81. The lowest BCUT2D eigenvalue weighted by Gasteiger charge is -2.18. The number of aryl methyl sites for hydroxylation is 1. The van der Waals surface area contributed by atoms with E-state index in [-0.39, 0.29) is 11.6 Å². The molecule has 3 nitrogen and oxygen atoms in total. The van der Waals surface area contributed by atoms with Crippen LogP contribution in [0, 0.1) is 12.7 Å². The van der Waals surface area contributed by atoms with Crippen LogP contribution in [0.3, 0.4) is 0 Å². The summed E-state index contributed by atoms with van der Waals surface area (Å²) in [4.78, 5) is 0. The van der Waals surface area contributed by atoms with Gasteiger partial charge in [0.05, 0.1) is 5.75 Å². The molecule has 1 atom stereocenters. The van der Waals surface area contributed by atoms with Crippen LogP contribution in [0.25, 0.3) is 0 Å². The SMILES string of the molecule is Cc1c(CCS(=O)O)ccc(Nc2ccc(F)cc2)c1Cc1ccccc1. The van der Waals surface area contributed by atoms with E-state index in [9.17, 15) is 8.60 Å². The first-order chi connectivity index (χ1) is 13.0. The molecule has 3 rings (SSSR count). The zero-order valence-electron chi connectivity index (χ0n) is 15.1. The van der Waals surface area contributed by atoms with Crippen molar-refractivity contribution in [3.63, 3.8) is 0 Å². The number of hydrogen-bond acceptors (Lipinski definition) is 2. The summed E-state index contributed by atoms with van der Waals surface area (Å²) in [5.41, 5.74) is 6.26. The predicted octanol–water partition coefficient (Wildman–Crippen LogP) is 5.23. The van der Waals surface area contributed by atoms with Gasteiger partial charge in [-0.05, 0) is 72.4 Å². The Morgan fingerprint density at radius 2 is 1.70 bits per heavy atom. The maximum atomic E-state index is 13.2. The van der Waals surface area contributed by atoms with E-state index in [1.807, 2.05) is 37.3 Å². The molecular weight excluding hydrogens is 361 g/mol. The van der Waals surface area contributed by atoms with Gasteiger partial charge in [0.15, 0.2) is 11.1 Å². The van der Waals surface area contributed by atoms with Crippen molar-refractivity contribution in [3.05, 3.63) is 94.8 Å². The van der Waals surface area contributed by atoms with Gasteiger partial charge in [-0.3, -0.25) is 0 Å². The molecule has 0 aromatic heterocycles. The second-order valence-electron chi connectivity index (χ2n) is 6.45. The molecule has 0 aliphatic heterocycles. The van der Waals surface area contributed by atoms with Gasteiger partial charge in [-0.2, -0.15) is 0 Å². The monoisotopic (exact) mass is 383 g/mol. The summed E-state index contributed by atoms with van der Waals surface area (Å²) in [7, 11) is 0. The van der Waals surface area contributed by atoms with Crippen LogP contribution in [0.5, 0.6) is 0 Å². The standard InChI is InChI=1S/C22H22FNO2S/c1-16-18(13-14-27(25)26)7-12-22(24-20-10-8-19(23)9-11-20)21(16)15-17-5-3-2-4-6-17/h2-12,24H,13-15H2,1H3,(H,25,26). The Labute approximate surface area is 161 Å². The van der Waals surface area contributed by atoms with Gasteiger partial charge in [-0.25, -0.2) is 8.60 Å². The maximum absolute atomic E-state index is 13.2. The van der Waals surface area contributed by atoms with E-state index in [1.54, 1.807) is 12.1 Å². The second kappa shape index (κ2) is 8.93. The molecule has 3 aromatic rings. The van der Waals surface area contributed by atoms with Gasteiger partial charge in [0, 0.05) is 11.4 Å². The lowest BCUT2D eigenvalue weighted by atomic mass is 9.93. The molecule has 0 spiro atoms. The molecule has 27 heavy (non-hydrogen) atoms. The molecular formula is C22H22FNO2S. The Kier molecular flexibility index (Phi) is 6.37. The van der Waals surface area contributed by atoms with Crippen molar-refractivity contribution >= 4 is 22.5 Å². The van der Waals surface area contributed by atoms with Crippen molar-refractivity contribution in [2.45, 2.75) is 19.8 Å². The van der Waals surface area contributed by atoms with Crippen LogP contribution in [-0.2, 0) is 23.9 Å². The molecule has 0 bridgehead atoms. The lowest BCUT2D eigenvalue weighted by molar-refractivity contribution is 0.563. The lowest BCUT2D eigenvalue weighted by Crippen LogP contribution is -2.06. The summed E-state index contributed by atoms with van der Waals surface area (Å²) in [5.74, 6) is -0.0512. The van der Waals surface area contributed by atoms with E-state index in [0.29, 0.717) is 6.42 Å². The number of rotatable bonds is 7. The summed E-state index contributed by atoms with van der Waals surface area (Å²) in [6, 6.07) is 20.4. The Bertz CT molecular complexity index is 927. The normalized spacial score (nSPS) is 12.0. The second-order valence-corrected chi connectivity index (χ2v) is 7.50. The van der Waals surface area contributed by atoms with E-state index >= 15 is 0 Å². The average Bonchev–Trinajstić information content (AvgIpc) is 2.66. The van der Waals surface area contributed by atoms with Gasteiger partial charge in [0.25, 0.3) is 0 Å². The third-order valence-electron chi connectivity index (χ3n) is 4.60. The Hall–Kier alpha value is -2.50. The third kappa shape index (κ3) is 5.25. The molecule has 0 saturated heterocycles. The van der Waals surface area contributed by atoms with Crippen LogP contribution < -0.4 is 5.32 Å². The van der Waals surface area contributed by atoms with Crippen LogP contribution in [-0.4, -0.2) is 14.5 Å². The van der Waals surface area contributed by atoms with Gasteiger partial charge >= 0.3 is 0 Å². The largest absolute Gasteiger partial charge is 0.355 e. The van der Waals surface area contributed by atoms with Crippen LogP contribution in [0.2, 0.25) is 0 Å². The summed E-state index contributed by atoms with van der Waals surface area (Å²) in [6.07, 6.45) is 1.29. The van der Waals surface area contributed by atoms with Crippen LogP contribution >= 0.6 is 0 Å². The molecule has 2 N–H and O–H groups in total. The van der Waals surface area contributed by atoms with E-state index in [1.165, 1.54) is 17.7 Å². The molecule has 140 valence electrons. The summed E-state index contributed by atoms with van der Waals surface area (Å²) < 4.78 is 33.4. The number of nitrogens with one attached hydrogen (secondary N) is 1. The van der Waals surface area contributed by atoms with E-state index in [0.717, 1.165) is 34.5 Å². The highest BCUT2D eigenvalue weighted by molar-refractivity contribution is 7.79. The Morgan fingerprint density at radius 1 is 1.00 bits per heavy atom. The van der Waals surface area contributed by atoms with Crippen LogP contribution in [0.4, 0.5) is 15.8 Å². The van der Waals surface area contributed by atoms with Gasteiger partial charge in [-0.15, -0.1) is 0 Å². The minimum absolute atomic E-state index is 0.219. The first-order valence-corrected chi connectivity index (χ1v) is 10.1. The Balaban J connectivity index is 1.96. The van der Waals surface area contributed by atoms with Crippen molar-refractivity contribution in [2.75, 3.05) is 11.1 Å². The molecule has 3 aromatic carbocycles. The first kappa shape index (κ1) is 19.3. The minimum Gasteiger partial charge on any atom is -0.355 e. The van der Waals surface area contributed by atoms with E-state index in [2.05, 4.69) is 17.4 Å². The highest BCUT2D eigenvalue weighted by Gasteiger charge is 2.12. The molecule has 0 saturated carbocycles. The first-order valence-electron chi connectivity index (χ1n) is 8.78. The van der Waals surface area contributed by atoms with Gasteiger partial charge in [0.2, 0.25) is 0 Å². The molecule has 0 fully saturated rings. The zero-order chi connectivity index (χ0) is 19.2. The van der Waals surface area contributed by atoms with E-state index in [4.69, 9.17) is 4.55 Å². The molecule has 0 heterocycles. The fraction of sp³-hybridized carbons (Fsp3) is 0.182. The minimum atomic E-state index is -1.81. The van der Waals surface area contributed by atoms with Crippen LogP contribution in [0.15, 0.2) is 66.7 Å². The average molecular weight is 383 g/mol.